The third-order valence-corrected chi connectivity index (χ3v) is 5.03. The summed E-state index contributed by atoms with van der Waals surface area (Å²) in [6.07, 6.45) is 2.39. The minimum absolute atomic E-state index is 0.130. The minimum atomic E-state index is -0.134. The van der Waals surface area contributed by atoms with Crippen LogP contribution in [0.15, 0.2) is 42.7 Å². The number of rotatable bonds is 4. The Kier molecular flexibility index (Phi) is 4.65. The van der Waals surface area contributed by atoms with E-state index in [1.807, 2.05) is 13.0 Å². The van der Waals surface area contributed by atoms with Crippen molar-refractivity contribution >= 4 is 17.2 Å². The summed E-state index contributed by atoms with van der Waals surface area (Å²) in [7, 11) is 0. The number of aryl methyl sites for hydroxylation is 1. The van der Waals surface area contributed by atoms with Crippen molar-refractivity contribution in [3.63, 3.8) is 0 Å². The van der Waals surface area contributed by atoms with Crippen LogP contribution in [0.1, 0.15) is 22.4 Å². The molecule has 0 bridgehead atoms. The molecule has 5 N–H and O–H groups in total. The number of fused-ring (bicyclic) bond motifs is 1. The second-order valence-electron chi connectivity index (χ2n) is 7.06. The van der Waals surface area contributed by atoms with E-state index in [9.17, 15) is 10.2 Å². The standard InChI is InChI=1S/C21H23N5O2/c1-13-2-4-18(16(22)8-13)26-7-6-17-15(11-26)21(25-12-24-17)23-10-14-3-5-19(27)20(28)9-14/h2-5,8-9,12,27-28H,6-7,10-11,22H2,1H3,(H,23,24,25). The molecule has 144 valence electrons. The van der Waals surface area contributed by atoms with Crippen LogP contribution in [-0.2, 0) is 19.5 Å². The number of phenols is 2. The number of nitrogens with one attached hydrogen (secondary N) is 1. The monoisotopic (exact) mass is 377 g/mol. The van der Waals surface area contributed by atoms with Gasteiger partial charge in [0, 0.05) is 31.6 Å². The van der Waals surface area contributed by atoms with Crippen molar-refractivity contribution in [2.24, 2.45) is 0 Å². The highest BCUT2D eigenvalue weighted by molar-refractivity contribution is 5.69. The normalized spacial score (nSPS) is 13.2. The largest absolute Gasteiger partial charge is 0.504 e. The quantitative estimate of drug-likeness (QED) is 0.409. The molecule has 2 heterocycles. The predicted molar refractivity (Wildman–Crippen MR) is 109 cm³/mol. The Balaban J connectivity index is 1.56. The van der Waals surface area contributed by atoms with Gasteiger partial charge in [-0.05, 0) is 42.3 Å². The van der Waals surface area contributed by atoms with E-state index < -0.39 is 0 Å². The first-order valence-corrected chi connectivity index (χ1v) is 9.20. The number of hydrogen-bond acceptors (Lipinski definition) is 7. The summed E-state index contributed by atoms with van der Waals surface area (Å²) in [5.41, 5.74) is 12.1. The number of aromatic hydroxyl groups is 2. The van der Waals surface area contributed by atoms with Gasteiger partial charge in [-0.15, -0.1) is 0 Å². The highest BCUT2D eigenvalue weighted by atomic mass is 16.3. The lowest BCUT2D eigenvalue weighted by molar-refractivity contribution is 0.403. The smallest absolute Gasteiger partial charge is 0.157 e. The minimum Gasteiger partial charge on any atom is -0.504 e. The van der Waals surface area contributed by atoms with Gasteiger partial charge in [0.05, 0.1) is 17.1 Å². The average Bonchev–Trinajstić information content (AvgIpc) is 2.68. The molecule has 3 aromatic rings. The van der Waals surface area contributed by atoms with Crippen molar-refractivity contribution in [3.05, 3.63) is 65.1 Å². The first-order valence-electron chi connectivity index (χ1n) is 9.20. The number of hydrogen-bond donors (Lipinski definition) is 4. The molecule has 0 spiro atoms. The number of nitrogens with zero attached hydrogens (tertiary/aromatic N) is 3. The van der Waals surface area contributed by atoms with Crippen molar-refractivity contribution < 1.29 is 10.2 Å². The summed E-state index contributed by atoms with van der Waals surface area (Å²) in [6.45, 7) is 4.03. The van der Waals surface area contributed by atoms with Crippen molar-refractivity contribution in [2.75, 3.05) is 22.5 Å². The molecule has 0 atom stereocenters. The Hall–Kier alpha value is -3.48. The molecular weight excluding hydrogens is 354 g/mol. The van der Waals surface area contributed by atoms with Crippen LogP contribution >= 0.6 is 0 Å². The zero-order valence-corrected chi connectivity index (χ0v) is 15.7. The predicted octanol–water partition coefficient (Wildman–Crippen LogP) is 2.95. The lowest BCUT2D eigenvalue weighted by Crippen LogP contribution is -2.32. The first kappa shape index (κ1) is 17.9. The van der Waals surface area contributed by atoms with Crippen LogP contribution in [0.4, 0.5) is 17.2 Å². The number of aromatic nitrogens is 2. The molecule has 0 saturated carbocycles. The van der Waals surface area contributed by atoms with Crippen LogP contribution in [0.25, 0.3) is 0 Å². The summed E-state index contributed by atoms with van der Waals surface area (Å²) in [5.74, 6) is 0.507. The molecule has 1 aromatic heterocycles. The topological polar surface area (TPSA) is 108 Å². The van der Waals surface area contributed by atoms with E-state index in [0.717, 1.165) is 52.5 Å². The molecule has 1 aliphatic heterocycles. The molecule has 0 amide bonds. The second kappa shape index (κ2) is 7.26. The fraction of sp³-hybridized carbons (Fsp3) is 0.238. The molecular formula is C21H23N5O2. The molecule has 0 unspecified atom stereocenters. The van der Waals surface area contributed by atoms with Gasteiger partial charge in [-0.2, -0.15) is 0 Å². The molecule has 0 saturated heterocycles. The van der Waals surface area contributed by atoms with Gasteiger partial charge >= 0.3 is 0 Å². The fourth-order valence-electron chi connectivity index (χ4n) is 3.53. The average molecular weight is 377 g/mol. The Morgan fingerprint density at radius 2 is 1.96 bits per heavy atom. The second-order valence-corrected chi connectivity index (χ2v) is 7.06. The van der Waals surface area contributed by atoms with Gasteiger partial charge in [0.15, 0.2) is 11.5 Å². The van der Waals surface area contributed by atoms with Gasteiger partial charge < -0.3 is 26.2 Å². The van der Waals surface area contributed by atoms with Crippen molar-refractivity contribution in [3.8, 4) is 11.5 Å². The van der Waals surface area contributed by atoms with Crippen molar-refractivity contribution in [1.82, 2.24) is 9.97 Å². The van der Waals surface area contributed by atoms with E-state index in [1.165, 1.54) is 12.1 Å². The van der Waals surface area contributed by atoms with Gasteiger partial charge in [0.1, 0.15) is 12.1 Å². The van der Waals surface area contributed by atoms with Gasteiger partial charge in [0.25, 0.3) is 0 Å². The summed E-state index contributed by atoms with van der Waals surface area (Å²) >= 11 is 0. The summed E-state index contributed by atoms with van der Waals surface area (Å²) in [6, 6.07) is 10.9. The zero-order valence-electron chi connectivity index (χ0n) is 15.7. The van der Waals surface area contributed by atoms with Gasteiger partial charge in [-0.3, -0.25) is 0 Å². The summed E-state index contributed by atoms with van der Waals surface area (Å²) < 4.78 is 0. The van der Waals surface area contributed by atoms with E-state index in [4.69, 9.17) is 5.73 Å². The fourth-order valence-corrected chi connectivity index (χ4v) is 3.53. The number of nitrogen functional groups attached to an aromatic ring is 1. The first-order chi connectivity index (χ1) is 13.5. The molecule has 0 aliphatic carbocycles. The molecule has 4 rings (SSSR count). The van der Waals surface area contributed by atoms with Gasteiger partial charge in [-0.25, -0.2) is 9.97 Å². The third kappa shape index (κ3) is 3.51. The van der Waals surface area contributed by atoms with E-state index in [-0.39, 0.29) is 11.5 Å². The van der Waals surface area contributed by atoms with E-state index >= 15 is 0 Å². The highest BCUT2D eigenvalue weighted by Crippen LogP contribution is 2.31. The maximum absolute atomic E-state index is 9.67. The Labute approximate surface area is 163 Å². The molecule has 0 fully saturated rings. The van der Waals surface area contributed by atoms with E-state index in [2.05, 4.69) is 32.3 Å². The molecule has 7 nitrogen and oxygen atoms in total. The zero-order chi connectivity index (χ0) is 19.7. The maximum Gasteiger partial charge on any atom is 0.157 e. The van der Waals surface area contributed by atoms with Crippen LogP contribution in [0.2, 0.25) is 0 Å². The molecule has 0 radical (unpaired) electrons. The number of anilines is 3. The summed E-state index contributed by atoms with van der Waals surface area (Å²) in [4.78, 5) is 11.1. The van der Waals surface area contributed by atoms with Crippen LogP contribution < -0.4 is 16.0 Å². The maximum atomic E-state index is 9.67. The summed E-state index contributed by atoms with van der Waals surface area (Å²) in [5, 5.41) is 22.5. The molecule has 2 aromatic carbocycles. The molecule has 7 heteroatoms. The van der Waals surface area contributed by atoms with Crippen LogP contribution in [0, 0.1) is 6.92 Å². The Morgan fingerprint density at radius 3 is 2.75 bits per heavy atom. The number of phenolic OH excluding ortho intramolecular Hbond substituents is 2. The highest BCUT2D eigenvalue weighted by Gasteiger charge is 2.22. The molecule has 1 aliphatic rings. The van der Waals surface area contributed by atoms with E-state index in [1.54, 1.807) is 12.4 Å². The number of benzene rings is 2. The Bertz CT molecular complexity index is 1020. The van der Waals surface area contributed by atoms with Gasteiger partial charge in [-0.1, -0.05) is 12.1 Å². The van der Waals surface area contributed by atoms with Crippen LogP contribution in [-0.4, -0.2) is 26.7 Å². The third-order valence-electron chi connectivity index (χ3n) is 5.03. The van der Waals surface area contributed by atoms with Crippen molar-refractivity contribution in [1.29, 1.82) is 0 Å². The lowest BCUT2D eigenvalue weighted by atomic mass is 10.0. The lowest BCUT2D eigenvalue weighted by Gasteiger charge is -2.32. The van der Waals surface area contributed by atoms with E-state index in [0.29, 0.717) is 13.1 Å². The van der Waals surface area contributed by atoms with Crippen LogP contribution in [0.3, 0.4) is 0 Å². The van der Waals surface area contributed by atoms with Crippen LogP contribution in [0.5, 0.6) is 11.5 Å². The van der Waals surface area contributed by atoms with Gasteiger partial charge in [0.2, 0.25) is 0 Å². The Morgan fingerprint density at radius 1 is 1.11 bits per heavy atom. The SMILES string of the molecule is Cc1ccc(N2CCc3ncnc(NCc4ccc(O)c(O)c4)c3C2)c(N)c1. The molecule has 28 heavy (non-hydrogen) atoms. The van der Waals surface area contributed by atoms with Crippen molar-refractivity contribution in [2.45, 2.75) is 26.4 Å². The number of nitrogens with two attached hydrogens (primary N) is 1.